The molecule has 1 spiro atoms. The minimum absolute atomic E-state index is 0.0959. The molecule has 5 heteroatoms. The zero-order chi connectivity index (χ0) is 16.9. The van der Waals surface area contributed by atoms with Crippen molar-refractivity contribution < 1.29 is 9.53 Å². The van der Waals surface area contributed by atoms with Gasteiger partial charge in [-0.25, -0.2) is 0 Å². The summed E-state index contributed by atoms with van der Waals surface area (Å²) in [4.78, 5) is 21.6. The van der Waals surface area contributed by atoms with E-state index < -0.39 is 0 Å². The van der Waals surface area contributed by atoms with Gasteiger partial charge in [0, 0.05) is 23.2 Å². The smallest absolute Gasteiger partial charge is 0.254 e. The molecule has 130 valence electrons. The van der Waals surface area contributed by atoms with E-state index in [9.17, 15) is 4.79 Å². The second kappa shape index (κ2) is 5.78. The fourth-order valence-electron chi connectivity index (χ4n) is 4.57. The maximum Gasteiger partial charge on any atom is 0.254 e. The highest BCUT2D eigenvalue weighted by atomic mass is 16.5. The SMILES string of the molecule is O=C(c1ccc2ncccc2c1)N1CC2(CC(N3CCCC3)CO2)C1. The highest BCUT2D eigenvalue weighted by molar-refractivity contribution is 5.98. The number of aromatic nitrogens is 1. The molecule has 0 aliphatic carbocycles. The Morgan fingerprint density at radius 3 is 2.88 bits per heavy atom. The fraction of sp³-hybridized carbons (Fsp3) is 0.500. The second-order valence-electron chi connectivity index (χ2n) is 7.67. The fourth-order valence-corrected chi connectivity index (χ4v) is 4.57. The van der Waals surface area contributed by atoms with Gasteiger partial charge in [-0.3, -0.25) is 14.7 Å². The Balaban J connectivity index is 1.26. The van der Waals surface area contributed by atoms with Crippen molar-refractivity contribution in [3.8, 4) is 0 Å². The molecule has 1 atom stereocenters. The van der Waals surface area contributed by atoms with E-state index in [1.54, 1.807) is 6.20 Å². The molecule has 1 aromatic carbocycles. The van der Waals surface area contributed by atoms with Crippen molar-refractivity contribution in [2.24, 2.45) is 0 Å². The standard InChI is InChI=1S/C20H23N3O2/c24-19(16-5-6-18-15(10-16)4-3-7-21-18)23-13-20(14-23)11-17(12-25-20)22-8-1-2-9-22/h3-7,10,17H,1-2,8-9,11-14H2. The summed E-state index contributed by atoms with van der Waals surface area (Å²) in [7, 11) is 0. The van der Waals surface area contributed by atoms with E-state index in [0.29, 0.717) is 6.04 Å². The summed E-state index contributed by atoms with van der Waals surface area (Å²) in [6.45, 7) is 4.68. The predicted molar refractivity (Wildman–Crippen MR) is 95.5 cm³/mol. The molecule has 0 radical (unpaired) electrons. The predicted octanol–water partition coefficient (Wildman–Crippen LogP) is 2.31. The number of carbonyl (C=O) groups is 1. The third-order valence-corrected chi connectivity index (χ3v) is 5.94. The Morgan fingerprint density at radius 2 is 2.04 bits per heavy atom. The van der Waals surface area contributed by atoms with Gasteiger partial charge in [-0.05, 0) is 56.6 Å². The molecule has 3 aliphatic heterocycles. The van der Waals surface area contributed by atoms with Crippen LogP contribution in [0, 0.1) is 0 Å². The summed E-state index contributed by atoms with van der Waals surface area (Å²) >= 11 is 0. The van der Waals surface area contributed by atoms with Crippen LogP contribution in [0.5, 0.6) is 0 Å². The number of amides is 1. The molecular formula is C20H23N3O2. The number of benzene rings is 1. The minimum Gasteiger partial charge on any atom is -0.370 e. The molecule has 3 fully saturated rings. The number of fused-ring (bicyclic) bond motifs is 1. The Hall–Kier alpha value is -1.98. The quantitative estimate of drug-likeness (QED) is 0.844. The first-order chi connectivity index (χ1) is 12.2. The maximum atomic E-state index is 12.8. The van der Waals surface area contributed by atoms with Crippen molar-refractivity contribution in [1.29, 1.82) is 0 Å². The Labute approximate surface area is 147 Å². The summed E-state index contributed by atoms with van der Waals surface area (Å²) in [5, 5.41) is 1.01. The van der Waals surface area contributed by atoms with Gasteiger partial charge < -0.3 is 9.64 Å². The van der Waals surface area contributed by atoms with Crippen molar-refractivity contribution in [3.63, 3.8) is 0 Å². The average molecular weight is 337 g/mol. The monoisotopic (exact) mass is 337 g/mol. The number of ether oxygens (including phenoxy) is 1. The molecule has 5 nitrogen and oxygen atoms in total. The molecule has 0 N–H and O–H groups in total. The van der Waals surface area contributed by atoms with Gasteiger partial charge in [0.25, 0.3) is 5.91 Å². The van der Waals surface area contributed by atoms with Crippen LogP contribution < -0.4 is 0 Å². The van der Waals surface area contributed by atoms with E-state index in [2.05, 4.69) is 9.88 Å². The van der Waals surface area contributed by atoms with E-state index in [0.717, 1.165) is 42.6 Å². The van der Waals surface area contributed by atoms with Gasteiger partial charge >= 0.3 is 0 Å². The molecule has 0 bridgehead atoms. The molecule has 3 saturated heterocycles. The van der Waals surface area contributed by atoms with Crippen LogP contribution in [0.15, 0.2) is 36.5 Å². The zero-order valence-corrected chi connectivity index (χ0v) is 14.4. The van der Waals surface area contributed by atoms with Crippen LogP contribution >= 0.6 is 0 Å². The molecule has 0 saturated carbocycles. The van der Waals surface area contributed by atoms with E-state index in [4.69, 9.17) is 4.74 Å². The zero-order valence-electron chi connectivity index (χ0n) is 14.4. The van der Waals surface area contributed by atoms with Crippen molar-refractivity contribution in [1.82, 2.24) is 14.8 Å². The highest BCUT2D eigenvalue weighted by Crippen LogP contribution is 2.38. The number of pyridine rings is 1. The van der Waals surface area contributed by atoms with Crippen LogP contribution in [0.1, 0.15) is 29.6 Å². The van der Waals surface area contributed by atoms with Gasteiger partial charge in [-0.1, -0.05) is 6.07 Å². The lowest BCUT2D eigenvalue weighted by Gasteiger charge is -2.47. The molecule has 5 rings (SSSR count). The first-order valence-electron chi connectivity index (χ1n) is 9.25. The molecule has 2 aromatic rings. The number of nitrogens with zero attached hydrogens (tertiary/aromatic N) is 3. The minimum atomic E-state index is -0.0959. The topological polar surface area (TPSA) is 45.7 Å². The van der Waals surface area contributed by atoms with Crippen LogP contribution in [-0.4, -0.2) is 65.1 Å². The number of carbonyl (C=O) groups excluding carboxylic acids is 1. The largest absolute Gasteiger partial charge is 0.370 e. The Bertz CT molecular complexity index is 809. The van der Waals surface area contributed by atoms with Gasteiger partial charge in [0.1, 0.15) is 5.60 Å². The molecular weight excluding hydrogens is 314 g/mol. The second-order valence-corrected chi connectivity index (χ2v) is 7.67. The summed E-state index contributed by atoms with van der Waals surface area (Å²) in [6.07, 6.45) is 5.46. The maximum absolute atomic E-state index is 12.8. The van der Waals surface area contributed by atoms with Crippen LogP contribution in [0.25, 0.3) is 10.9 Å². The molecule has 25 heavy (non-hydrogen) atoms. The van der Waals surface area contributed by atoms with Crippen molar-refractivity contribution >= 4 is 16.8 Å². The van der Waals surface area contributed by atoms with Gasteiger partial charge in [0.15, 0.2) is 0 Å². The van der Waals surface area contributed by atoms with Crippen LogP contribution in [-0.2, 0) is 4.74 Å². The molecule has 1 aromatic heterocycles. The Morgan fingerprint density at radius 1 is 1.20 bits per heavy atom. The lowest BCUT2D eigenvalue weighted by Crippen LogP contribution is -2.63. The summed E-state index contributed by atoms with van der Waals surface area (Å²) in [6, 6.07) is 10.2. The molecule has 4 heterocycles. The number of likely N-dealkylation sites (tertiary alicyclic amines) is 2. The normalized spacial score (nSPS) is 25.6. The third-order valence-electron chi connectivity index (χ3n) is 5.94. The van der Waals surface area contributed by atoms with Crippen LogP contribution in [0.3, 0.4) is 0 Å². The average Bonchev–Trinajstić information content (AvgIpc) is 3.29. The number of rotatable bonds is 2. The molecule has 1 unspecified atom stereocenters. The molecule has 1 amide bonds. The van der Waals surface area contributed by atoms with Crippen LogP contribution in [0.2, 0.25) is 0 Å². The van der Waals surface area contributed by atoms with Gasteiger partial charge in [0.05, 0.1) is 25.2 Å². The van der Waals surface area contributed by atoms with E-state index in [1.165, 1.54) is 25.9 Å². The van der Waals surface area contributed by atoms with Crippen molar-refractivity contribution in [2.45, 2.75) is 30.9 Å². The lowest BCUT2D eigenvalue weighted by molar-refractivity contribution is -0.0950. The van der Waals surface area contributed by atoms with Gasteiger partial charge in [-0.15, -0.1) is 0 Å². The summed E-state index contributed by atoms with van der Waals surface area (Å²) in [5.41, 5.74) is 1.57. The first kappa shape index (κ1) is 15.3. The first-order valence-corrected chi connectivity index (χ1v) is 9.25. The van der Waals surface area contributed by atoms with Crippen molar-refractivity contribution in [2.75, 3.05) is 32.8 Å². The van der Waals surface area contributed by atoms with E-state index in [1.807, 2.05) is 35.2 Å². The highest BCUT2D eigenvalue weighted by Gasteiger charge is 2.52. The third kappa shape index (κ3) is 2.62. The Kier molecular flexibility index (Phi) is 3.54. The molecule has 3 aliphatic rings. The summed E-state index contributed by atoms with van der Waals surface area (Å²) < 4.78 is 6.14. The van der Waals surface area contributed by atoms with Crippen molar-refractivity contribution in [3.05, 3.63) is 42.1 Å². The van der Waals surface area contributed by atoms with E-state index >= 15 is 0 Å². The van der Waals surface area contributed by atoms with Gasteiger partial charge in [-0.2, -0.15) is 0 Å². The van der Waals surface area contributed by atoms with E-state index in [-0.39, 0.29) is 11.5 Å². The number of hydrogen-bond acceptors (Lipinski definition) is 4. The van der Waals surface area contributed by atoms with Gasteiger partial charge in [0.2, 0.25) is 0 Å². The summed E-state index contributed by atoms with van der Waals surface area (Å²) in [5.74, 6) is 0.101. The van der Waals surface area contributed by atoms with Crippen LogP contribution in [0.4, 0.5) is 0 Å². The number of hydrogen-bond donors (Lipinski definition) is 0. The lowest BCUT2D eigenvalue weighted by atomic mass is 9.88.